The first-order chi connectivity index (χ1) is 10.7. The highest BCUT2D eigenvalue weighted by molar-refractivity contribution is 7.61. The second-order valence-electron chi connectivity index (χ2n) is 8.32. The molecule has 1 nitrogen and oxygen atoms in total. The lowest BCUT2D eigenvalue weighted by molar-refractivity contribution is 0.599. The molecule has 0 aliphatic heterocycles. The zero-order chi connectivity index (χ0) is 17.1. The number of rotatable bonds is 6. The van der Waals surface area contributed by atoms with E-state index in [9.17, 15) is 0 Å². The Morgan fingerprint density at radius 3 is 1.48 bits per heavy atom. The average molecular weight is 375 g/mol. The van der Waals surface area contributed by atoms with Gasteiger partial charge < -0.3 is 4.12 Å². The predicted molar refractivity (Wildman–Crippen MR) is 114 cm³/mol. The van der Waals surface area contributed by atoms with Crippen LogP contribution < -0.4 is 10.4 Å². The molecule has 0 saturated heterocycles. The minimum absolute atomic E-state index is 1.13. The van der Waals surface area contributed by atoms with Crippen LogP contribution in [0.1, 0.15) is 0 Å². The Bertz CT molecular complexity index is 602. The molecule has 5 heteroatoms. The van der Waals surface area contributed by atoms with E-state index < -0.39 is 32.3 Å². The Hall–Kier alpha value is -0.732. The van der Waals surface area contributed by atoms with E-state index in [0.717, 1.165) is 0 Å². The van der Waals surface area contributed by atoms with Crippen LogP contribution in [-0.2, 0) is 4.12 Å². The molecule has 2 unspecified atom stereocenters. The molecule has 2 rings (SSSR count). The van der Waals surface area contributed by atoms with E-state index in [1.165, 1.54) is 5.19 Å². The van der Waals surface area contributed by atoms with Gasteiger partial charge in [0.05, 0.1) is 7.83 Å². The number of hydrogen-bond acceptors (Lipinski definition) is 1. The molecule has 2 aromatic carbocycles. The summed E-state index contributed by atoms with van der Waals surface area (Å²) < 4.78 is 6.94. The van der Waals surface area contributed by atoms with Gasteiger partial charge >= 0.3 is 0 Å². The van der Waals surface area contributed by atoms with Gasteiger partial charge in [-0.15, -0.1) is 0 Å². The summed E-state index contributed by atoms with van der Waals surface area (Å²) in [5.41, 5.74) is 0. The third-order valence-electron chi connectivity index (χ3n) is 4.00. The first-order valence-corrected chi connectivity index (χ1v) is 21.5. The van der Waals surface area contributed by atoms with Crippen LogP contribution >= 0.6 is 0 Å². The van der Waals surface area contributed by atoms with E-state index in [4.69, 9.17) is 4.12 Å². The lowest BCUT2D eigenvalue weighted by Gasteiger charge is -2.37. The zero-order valence-corrected chi connectivity index (χ0v) is 19.6. The lowest BCUT2D eigenvalue weighted by atomic mass is 10.4. The van der Waals surface area contributed by atoms with Gasteiger partial charge in [0.25, 0.3) is 0 Å². The van der Waals surface area contributed by atoms with E-state index in [1.54, 1.807) is 5.19 Å². The van der Waals surface area contributed by atoms with Crippen molar-refractivity contribution in [1.82, 2.24) is 0 Å². The predicted octanol–water partition coefficient (Wildman–Crippen LogP) is 3.10. The molecule has 23 heavy (non-hydrogen) atoms. The van der Waals surface area contributed by atoms with Gasteiger partial charge in [0, 0.05) is 7.59 Å². The van der Waals surface area contributed by atoms with E-state index in [0.29, 0.717) is 0 Å². The van der Waals surface area contributed by atoms with Crippen LogP contribution in [0.25, 0.3) is 0 Å². The van der Waals surface area contributed by atoms with Crippen LogP contribution in [0.4, 0.5) is 0 Å². The molecule has 0 fully saturated rings. The third-order valence-corrected chi connectivity index (χ3v) is 36.1. The van der Waals surface area contributed by atoms with Crippen LogP contribution in [-0.4, -0.2) is 32.3 Å². The van der Waals surface area contributed by atoms with Crippen molar-refractivity contribution in [3.63, 3.8) is 0 Å². The van der Waals surface area contributed by atoms with Crippen molar-refractivity contribution in [2.45, 2.75) is 39.3 Å². The molecule has 124 valence electrons. The van der Waals surface area contributed by atoms with Gasteiger partial charge in [-0.3, -0.25) is 0 Å². The summed E-state index contributed by atoms with van der Waals surface area (Å²) in [4.78, 5) is 0. The van der Waals surface area contributed by atoms with Gasteiger partial charge in [0.1, 0.15) is 0 Å². The van der Waals surface area contributed by atoms with Gasteiger partial charge in [-0.2, -0.15) is 0 Å². The molecule has 2 aromatic rings. The van der Waals surface area contributed by atoms with Crippen molar-refractivity contribution in [3.05, 3.63) is 60.7 Å². The van der Waals surface area contributed by atoms with E-state index in [-0.39, 0.29) is 0 Å². The molecule has 0 aliphatic carbocycles. The van der Waals surface area contributed by atoms with Gasteiger partial charge in [-0.05, 0) is 24.8 Å². The van der Waals surface area contributed by atoms with Crippen molar-refractivity contribution in [2.75, 3.05) is 0 Å². The SMILES string of the molecule is C[Si](C)(C)O[SiH](c1ccccc1)[SiH](c1ccccc1)[Si](C)(C)C. The largest absolute Gasteiger partial charge is 0.457 e. The lowest BCUT2D eigenvalue weighted by Crippen LogP contribution is -2.68. The highest BCUT2D eigenvalue weighted by atomic mass is 29.6. The number of benzene rings is 2. The Morgan fingerprint density at radius 2 is 1.09 bits per heavy atom. The molecule has 0 aromatic heterocycles. The van der Waals surface area contributed by atoms with Crippen LogP contribution in [0, 0.1) is 0 Å². The molecule has 0 heterocycles. The molecule has 2 atom stereocenters. The van der Waals surface area contributed by atoms with Crippen LogP contribution in [0.2, 0.25) is 39.3 Å². The summed E-state index contributed by atoms with van der Waals surface area (Å²) >= 11 is 0. The second kappa shape index (κ2) is 7.44. The molecule has 0 bridgehead atoms. The van der Waals surface area contributed by atoms with E-state index >= 15 is 0 Å². The molecule has 0 N–H and O–H groups in total. The van der Waals surface area contributed by atoms with Crippen LogP contribution in [0.3, 0.4) is 0 Å². The molecule has 0 radical (unpaired) electrons. The minimum atomic E-state index is -1.56. The normalized spacial score (nSPS) is 15.2. The fourth-order valence-electron chi connectivity index (χ4n) is 3.14. The second-order valence-corrected chi connectivity index (χ2v) is 34.2. The van der Waals surface area contributed by atoms with Crippen LogP contribution in [0.15, 0.2) is 60.7 Å². The first kappa shape index (κ1) is 18.6. The summed E-state index contributed by atoms with van der Waals surface area (Å²) in [7, 11) is -5.39. The molecular weight excluding hydrogens is 345 g/mol. The van der Waals surface area contributed by atoms with Crippen molar-refractivity contribution < 1.29 is 4.12 Å². The number of hydrogen-bond donors (Lipinski definition) is 0. The Kier molecular flexibility index (Phi) is 6.02. The highest BCUT2D eigenvalue weighted by Gasteiger charge is 2.41. The maximum absolute atomic E-state index is 6.94. The average Bonchev–Trinajstić information content (AvgIpc) is 2.46. The summed E-state index contributed by atoms with van der Waals surface area (Å²) in [5.74, 6) is 0. The summed E-state index contributed by atoms with van der Waals surface area (Å²) in [6, 6.07) is 22.4. The van der Waals surface area contributed by atoms with Gasteiger partial charge in [-0.1, -0.05) is 85.5 Å². The summed E-state index contributed by atoms with van der Waals surface area (Å²) in [5, 5.41) is 3.13. The maximum Gasteiger partial charge on any atom is 0.181 e. The fraction of sp³-hybridized carbons (Fsp3) is 0.333. The molecule has 0 aliphatic rings. The standard InChI is InChI=1S/C18H30OSi4/c1-22(2,3)19-20(17-13-9-7-10-14-17)21(23(4,5)6)18-15-11-8-12-16-18/h7-16,20-21H,1-6H3. The Morgan fingerprint density at radius 1 is 0.652 bits per heavy atom. The van der Waals surface area contributed by atoms with Crippen molar-refractivity contribution in [3.8, 4) is 0 Å². The fourth-order valence-corrected chi connectivity index (χ4v) is 37.6. The topological polar surface area (TPSA) is 9.23 Å². The Labute approximate surface area is 146 Å². The Balaban J connectivity index is 2.53. The monoisotopic (exact) mass is 374 g/mol. The minimum Gasteiger partial charge on any atom is -0.457 e. The summed E-state index contributed by atoms with van der Waals surface area (Å²) in [6.45, 7) is 14.7. The smallest absolute Gasteiger partial charge is 0.181 e. The van der Waals surface area contributed by atoms with Crippen LogP contribution in [0.5, 0.6) is 0 Å². The van der Waals surface area contributed by atoms with Gasteiger partial charge in [-0.25, -0.2) is 0 Å². The zero-order valence-electron chi connectivity index (χ0n) is 15.3. The van der Waals surface area contributed by atoms with E-state index in [2.05, 4.69) is 99.9 Å². The third kappa shape index (κ3) is 5.39. The first-order valence-electron chi connectivity index (χ1n) is 8.46. The van der Waals surface area contributed by atoms with Crippen molar-refractivity contribution in [1.29, 1.82) is 0 Å². The highest BCUT2D eigenvalue weighted by Crippen LogP contribution is 2.15. The quantitative estimate of drug-likeness (QED) is 0.706. The van der Waals surface area contributed by atoms with Gasteiger partial charge in [0.15, 0.2) is 16.9 Å². The van der Waals surface area contributed by atoms with Crippen molar-refractivity contribution >= 4 is 42.7 Å². The molecule has 0 saturated carbocycles. The summed E-state index contributed by atoms with van der Waals surface area (Å²) in [6.07, 6.45) is 0. The molecule has 0 spiro atoms. The van der Waals surface area contributed by atoms with Crippen molar-refractivity contribution in [2.24, 2.45) is 0 Å². The molecular formula is C18H30OSi4. The molecule has 0 amide bonds. The van der Waals surface area contributed by atoms with Gasteiger partial charge in [0.2, 0.25) is 0 Å². The maximum atomic E-state index is 6.94. The van der Waals surface area contributed by atoms with E-state index in [1.807, 2.05) is 0 Å².